The zero-order valence-corrected chi connectivity index (χ0v) is 18.5. The molecule has 1 aliphatic rings. The van der Waals surface area contributed by atoms with Crippen LogP contribution in [0, 0.1) is 0 Å². The second kappa shape index (κ2) is 11.1. The van der Waals surface area contributed by atoms with E-state index in [1.165, 1.54) is 42.5 Å². The molecule has 1 fully saturated rings. The van der Waals surface area contributed by atoms with Crippen LogP contribution < -0.4 is 4.74 Å². The number of nitrogens with zero attached hydrogens (tertiary/aromatic N) is 1. The van der Waals surface area contributed by atoms with Crippen molar-refractivity contribution < 1.29 is 9.47 Å². The van der Waals surface area contributed by atoms with Gasteiger partial charge in [0.2, 0.25) is 0 Å². The van der Waals surface area contributed by atoms with Crippen LogP contribution >= 0.6 is 0 Å². The Morgan fingerprint density at radius 2 is 1.52 bits per heavy atom. The highest BCUT2D eigenvalue weighted by molar-refractivity contribution is 5.30. The predicted octanol–water partition coefficient (Wildman–Crippen LogP) is 5.90. The van der Waals surface area contributed by atoms with Crippen molar-refractivity contribution in [1.82, 2.24) is 4.90 Å². The number of likely N-dealkylation sites (tertiary alicyclic amines) is 1. The lowest BCUT2D eigenvalue weighted by Crippen LogP contribution is -2.34. The number of hydrogen-bond acceptors (Lipinski definition) is 3. The van der Waals surface area contributed by atoms with Crippen LogP contribution in [0.25, 0.3) is 0 Å². The molecule has 0 N–H and O–H groups in total. The fraction of sp³-hybridized carbons (Fsp3) is 0.357. The number of hydrogen-bond donors (Lipinski definition) is 0. The second-order valence-electron chi connectivity index (χ2n) is 8.32. The predicted molar refractivity (Wildman–Crippen MR) is 127 cm³/mol. The lowest BCUT2D eigenvalue weighted by molar-refractivity contribution is 0.0376. The van der Waals surface area contributed by atoms with Crippen LogP contribution in [-0.2, 0) is 11.2 Å². The molecule has 1 aliphatic heterocycles. The molecule has 0 aliphatic carbocycles. The van der Waals surface area contributed by atoms with Crippen LogP contribution in [-0.4, -0.2) is 37.7 Å². The molecule has 0 saturated carbocycles. The van der Waals surface area contributed by atoms with E-state index >= 15 is 0 Å². The van der Waals surface area contributed by atoms with E-state index in [1.807, 2.05) is 0 Å². The summed E-state index contributed by atoms with van der Waals surface area (Å²) in [5, 5.41) is 0. The van der Waals surface area contributed by atoms with Gasteiger partial charge in [-0.25, -0.2) is 0 Å². The van der Waals surface area contributed by atoms with Crippen molar-refractivity contribution in [2.75, 3.05) is 26.8 Å². The highest BCUT2D eigenvalue weighted by atomic mass is 16.5. The summed E-state index contributed by atoms with van der Waals surface area (Å²) in [7, 11) is 1.71. The van der Waals surface area contributed by atoms with E-state index in [1.54, 1.807) is 7.11 Å². The molecule has 1 heterocycles. The van der Waals surface area contributed by atoms with Gasteiger partial charge in [-0.05, 0) is 67.6 Å². The molecule has 0 aromatic heterocycles. The summed E-state index contributed by atoms with van der Waals surface area (Å²) < 4.78 is 11.8. The van der Waals surface area contributed by atoms with Crippen LogP contribution in [0.15, 0.2) is 84.9 Å². The Hall–Kier alpha value is -2.62. The van der Waals surface area contributed by atoms with Crippen molar-refractivity contribution >= 4 is 0 Å². The number of benzene rings is 3. The van der Waals surface area contributed by atoms with Gasteiger partial charge in [0.25, 0.3) is 0 Å². The maximum absolute atomic E-state index is 6.56. The van der Waals surface area contributed by atoms with Gasteiger partial charge in [0.15, 0.2) is 0 Å². The number of aryl methyl sites for hydroxylation is 1. The van der Waals surface area contributed by atoms with Crippen molar-refractivity contribution in [3.63, 3.8) is 0 Å². The van der Waals surface area contributed by atoms with Crippen molar-refractivity contribution in [3.05, 3.63) is 102 Å². The lowest BCUT2D eigenvalue weighted by Gasteiger charge is -2.27. The van der Waals surface area contributed by atoms with E-state index < -0.39 is 0 Å². The van der Waals surface area contributed by atoms with Crippen LogP contribution in [0.4, 0.5) is 0 Å². The molecular weight excluding hydrogens is 382 g/mol. The van der Waals surface area contributed by atoms with E-state index in [4.69, 9.17) is 9.47 Å². The number of methoxy groups -OCH3 is 1. The molecule has 1 atom stereocenters. The third-order valence-electron chi connectivity index (χ3n) is 6.23. The van der Waals surface area contributed by atoms with Gasteiger partial charge in [-0.3, -0.25) is 4.90 Å². The van der Waals surface area contributed by atoms with E-state index in [2.05, 4.69) is 89.8 Å². The molecule has 3 aromatic carbocycles. The smallest absolute Gasteiger partial charge is 0.118 e. The van der Waals surface area contributed by atoms with Crippen molar-refractivity contribution in [2.24, 2.45) is 0 Å². The van der Waals surface area contributed by atoms with E-state index in [-0.39, 0.29) is 6.10 Å². The summed E-state index contributed by atoms with van der Waals surface area (Å²) in [6, 6.07) is 30.1. The maximum atomic E-state index is 6.56. The monoisotopic (exact) mass is 415 g/mol. The third-order valence-corrected chi connectivity index (χ3v) is 6.23. The summed E-state index contributed by atoms with van der Waals surface area (Å²) in [5.74, 6) is 0.923. The van der Waals surface area contributed by atoms with Gasteiger partial charge in [-0.15, -0.1) is 0 Å². The molecule has 4 rings (SSSR count). The largest absolute Gasteiger partial charge is 0.497 e. The van der Waals surface area contributed by atoms with Gasteiger partial charge in [0.05, 0.1) is 13.7 Å². The Bertz CT molecular complexity index is 856. The fourth-order valence-corrected chi connectivity index (χ4v) is 4.50. The molecule has 0 unspecified atom stereocenters. The molecule has 31 heavy (non-hydrogen) atoms. The van der Waals surface area contributed by atoms with Crippen molar-refractivity contribution in [2.45, 2.75) is 37.8 Å². The van der Waals surface area contributed by atoms with Crippen LogP contribution in [0.5, 0.6) is 5.75 Å². The van der Waals surface area contributed by atoms with E-state index in [0.717, 1.165) is 25.3 Å². The molecule has 0 bridgehead atoms. The molecule has 3 nitrogen and oxygen atoms in total. The van der Waals surface area contributed by atoms with Gasteiger partial charge < -0.3 is 9.47 Å². The van der Waals surface area contributed by atoms with Gasteiger partial charge >= 0.3 is 0 Å². The minimum atomic E-state index is -0.0100. The zero-order valence-electron chi connectivity index (χ0n) is 18.5. The van der Waals surface area contributed by atoms with Gasteiger partial charge in [-0.1, -0.05) is 72.8 Å². The first kappa shape index (κ1) is 21.6. The molecule has 3 heteroatoms. The minimum absolute atomic E-state index is 0.0100. The SMILES string of the molecule is COc1ccc(CCCN2CCC[C@H]2COC(c2ccccc2)c2ccccc2)cc1. The molecule has 0 spiro atoms. The van der Waals surface area contributed by atoms with Crippen molar-refractivity contribution in [3.8, 4) is 5.75 Å². The number of ether oxygens (including phenoxy) is 2. The zero-order chi connectivity index (χ0) is 21.3. The molecule has 1 saturated heterocycles. The standard InChI is InChI=1S/C28H33NO2/c1-30-27-18-16-23(17-19-27)10-8-20-29-21-9-15-26(29)22-31-28(24-11-4-2-5-12-24)25-13-6-3-7-14-25/h2-7,11-14,16-19,26,28H,8-10,15,20-22H2,1H3/t26-/m0/s1. The van der Waals surface area contributed by atoms with Crippen molar-refractivity contribution in [1.29, 1.82) is 0 Å². The average Bonchev–Trinajstić information content (AvgIpc) is 3.28. The first-order valence-electron chi connectivity index (χ1n) is 11.4. The first-order valence-corrected chi connectivity index (χ1v) is 11.4. The Morgan fingerprint density at radius 1 is 0.871 bits per heavy atom. The topological polar surface area (TPSA) is 21.7 Å². The quantitative estimate of drug-likeness (QED) is 0.412. The average molecular weight is 416 g/mol. The number of rotatable bonds is 10. The summed E-state index contributed by atoms with van der Waals surface area (Å²) in [5.41, 5.74) is 3.82. The summed E-state index contributed by atoms with van der Waals surface area (Å²) >= 11 is 0. The summed E-state index contributed by atoms with van der Waals surface area (Å²) in [6.07, 6.45) is 4.75. The Balaban J connectivity index is 1.32. The highest BCUT2D eigenvalue weighted by Gasteiger charge is 2.26. The van der Waals surface area contributed by atoms with Gasteiger partial charge in [0, 0.05) is 6.04 Å². The summed E-state index contributed by atoms with van der Waals surface area (Å²) in [4.78, 5) is 2.62. The molecular formula is C28H33NO2. The Kier molecular flexibility index (Phi) is 7.76. The van der Waals surface area contributed by atoms with Gasteiger partial charge in [-0.2, -0.15) is 0 Å². The fourth-order valence-electron chi connectivity index (χ4n) is 4.50. The molecule has 3 aromatic rings. The Labute approximate surface area is 186 Å². The molecule has 162 valence electrons. The maximum Gasteiger partial charge on any atom is 0.118 e. The van der Waals surface area contributed by atoms with E-state index in [9.17, 15) is 0 Å². The van der Waals surface area contributed by atoms with Crippen LogP contribution in [0.1, 0.15) is 42.1 Å². The molecule has 0 amide bonds. The molecule has 0 radical (unpaired) electrons. The summed E-state index contributed by atoms with van der Waals surface area (Å²) in [6.45, 7) is 3.08. The lowest BCUT2D eigenvalue weighted by atomic mass is 10.0. The normalized spacial score (nSPS) is 16.6. The third kappa shape index (κ3) is 5.96. The highest BCUT2D eigenvalue weighted by Crippen LogP contribution is 2.28. The minimum Gasteiger partial charge on any atom is -0.497 e. The van der Waals surface area contributed by atoms with Crippen LogP contribution in [0.3, 0.4) is 0 Å². The first-order chi connectivity index (χ1) is 15.3. The Morgan fingerprint density at radius 3 is 2.13 bits per heavy atom. The van der Waals surface area contributed by atoms with Gasteiger partial charge in [0.1, 0.15) is 11.9 Å². The van der Waals surface area contributed by atoms with E-state index in [0.29, 0.717) is 6.04 Å². The van der Waals surface area contributed by atoms with Crippen LogP contribution in [0.2, 0.25) is 0 Å². The second-order valence-corrected chi connectivity index (χ2v) is 8.32.